The largest absolute Gasteiger partial charge is 0.492 e. The van der Waals surface area contributed by atoms with Gasteiger partial charge in [-0.15, -0.1) is 10.2 Å². The average Bonchev–Trinajstić information content (AvgIpc) is 3.25. The van der Waals surface area contributed by atoms with Gasteiger partial charge in [0, 0.05) is 11.3 Å². The molecule has 1 unspecified atom stereocenters. The van der Waals surface area contributed by atoms with Crippen molar-refractivity contribution < 1.29 is 13.9 Å². The summed E-state index contributed by atoms with van der Waals surface area (Å²) in [4.78, 5) is 12.9. The number of benzene rings is 3. The first-order valence-corrected chi connectivity index (χ1v) is 11.4. The Hall–Kier alpha value is -3.65. The molecule has 0 radical (unpaired) electrons. The second-order valence-corrected chi connectivity index (χ2v) is 8.47. The first-order chi connectivity index (χ1) is 16.1. The molecule has 4 aromatic rings. The standard InChI is InChI=1S/C25H23FN4O2S/c1-3-32-22-12-8-7-11-21(22)27-24(31)17(2)33-25-29-28-23(18-9-5-4-6-10-18)30(25)20-15-13-19(26)14-16-20/h4-17H,3H2,1-2H3,(H,27,31). The van der Waals surface area contributed by atoms with E-state index >= 15 is 0 Å². The summed E-state index contributed by atoms with van der Waals surface area (Å²) in [5, 5.41) is 11.7. The summed E-state index contributed by atoms with van der Waals surface area (Å²) in [6.07, 6.45) is 0. The summed E-state index contributed by atoms with van der Waals surface area (Å²) in [7, 11) is 0. The van der Waals surface area contributed by atoms with Crippen LogP contribution in [0.2, 0.25) is 0 Å². The van der Waals surface area contributed by atoms with Gasteiger partial charge in [0.2, 0.25) is 5.91 Å². The Bertz CT molecular complexity index is 1230. The summed E-state index contributed by atoms with van der Waals surface area (Å²) < 4.78 is 21.0. The third kappa shape index (κ3) is 5.23. The number of ether oxygens (including phenoxy) is 1. The predicted octanol–water partition coefficient (Wildman–Crippen LogP) is 5.59. The van der Waals surface area contributed by atoms with E-state index in [1.807, 2.05) is 60.0 Å². The third-order valence-corrected chi connectivity index (χ3v) is 5.89. The number of aromatic nitrogens is 3. The van der Waals surface area contributed by atoms with Crippen molar-refractivity contribution in [2.24, 2.45) is 0 Å². The zero-order valence-electron chi connectivity index (χ0n) is 18.2. The number of carbonyl (C=O) groups is 1. The highest BCUT2D eigenvalue weighted by Crippen LogP contribution is 2.31. The quantitative estimate of drug-likeness (QED) is 0.346. The van der Waals surface area contributed by atoms with Crippen LogP contribution in [0.1, 0.15) is 13.8 Å². The van der Waals surface area contributed by atoms with E-state index < -0.39 is 5.25 Å². The van der Waals surface area contributed by atoms with Gasteiger partial charge < -0.3 is 10.1 Å². The summed E-state index contributed by atoms with van der Waals surface area (Å²) in [5.41, 5.74) is 2.18. The second kappa shape index (κ2) is 10.3. The van der Waals surface area contributed by atoms with Gasteiger partial charge in [-0.05, 0) is 50.2 Å². The van der Waals surface area contributed by atoms with Gasteiger partial charge in [-0.1, -0.05) is 54.2 Å². The number of rotatable bonds is 8. The van der Waals surface area contributed by atoms with Crippen LogP contribution in [0.25, 0.3) is 17.1 Å². The number of para-hydroxylation sites is 2. The number of halogens is 1. The molecule has 6 nitrogen and oxygen atoms in total. The van der Waals surface area contributed by atoms with Gasteiger partial charge >= 0.3 is 0 Å². The molecule has 8 heteroatoms. The van der Waals surface area contributed by atoms with Crippen LogP contribution in [0.15, 0.2) is 84.0 Å². The van der Waals surface area contributed by atoms with Gasteiger partial charge in [0.1, 0.15) is 11.6 Å². The average molecular weight is 463 g/mol. The minimum Gasteiger partial charge on any atom is -0.492 e. The molecule has 0 fully saturated rings. The minimum atomic E-state index is -0.480. The van der Waals surface area contributed by atoms with E-state index in [1.165, 1.54) is 23.9 Å². The molecule has 3 aromatic carbocycles. The summed E-state index contributed by atoms with van der Waals surface area (Å²) in [5.74, 6) is 0.704. The molecule has 0 saturated carbocycles. The van der Waals surface area contributed by atoms with Crippen LogP contribution in [0.5, 0.6) is 5.75 Å². The molecule has 0 saturated heterocycles. The molecule has 0 spiro atoms. The number of anilines is 1. The molecule has 0 aliphatic heterocycles. The van der Waals surface area contributed by atoms with Gasteiger partial charge in [-0.2, -0.15) is 0 Å². The minimum absolute atomic E-state index is 0.193. The fourth-order valence-electron chi connectivity index (χ4n) is 3.24. The predicted molar refractivity (Wildman–Crippen MR) is 128 cm³/mol. The third-order valence-electron chi connectivity index (χ3n) is 4.85. The second-order valence-electron chi connectivity index (χ2n) is 7.16. The van der Waals surface area contributed by atoms with Gasteiger partial charge in [0.25, 0.3) is 0 Å². The SMILES string of the molecule is CCOc1ccccc1NC(=O)C(C)Sc1nnc(-c2ccccc2)n1-c1ccc(F)cc1. The number of nitrogens with zero attached hydrogens (tertiary/aromatic N) is 3. The Morgan fingerprint density at radius 2 is 1.73 bits per heavy atom. The van der Waals surface area contributed by atoms with E-state index in [1.54, 1.807) is 25.1 Å². The Morgan fingerprint density at radius 3 is 2.45 bits per heavy atom. The zero-order valence-corrected chi connectivity index (χ0v) is 19.1. The van der Waals surface area contributed by atoms with Crippen molar-refractivity contribution in [3.05, 3.63) is 84.7 Å². The summed E-state index contributed by atoms with van der Waals surface area (Å²) in [6, 6.07) is 23.0. The van der Waals surface area contributed by atoms with Gasteiger partial charge in [0.05, 0.1) is 17.5 Å². The monoisotopic (exact) mass is 462 g/mol. The van der Waals surface area contributed by atoms with E-state index in [2.05, 4.69) is 15.5 Å². The molecule has 1 amide bonds. The molecular weight excluding hydrogens is 439 g/mol. The van der Waals surface area contributed by atoms with Crippen LogP contribution in [0, 0.1) is 5.82 Å². The Balaban J connectivity index is 1.62. The first-order valence-electron chi connectivity index (χ1n) is 10.5. The molecule has 33 heavy (non-hydrogen) atoms. The van der Waals surface area contributed by atoms with Gasteiger partial charge in [-0.3, -0.25) is 9.36 Å². The molecule has 0 bridgehead atoms. The van der Waals surface area contributed by atoms with Crippen LogP contribution in [-0.2, 0) is 4.79 Å². The maximum absolute atomic E-state index is 13.6. The Kier molecular flexibility index (Phi) is 7.04. The lowest BCUT2D eigenvalue weighted by molar-refractivity contribution is -0.115. The van der Waals surface area contributed by atoms with E-state index in [9.17, 15) is 9.18 Å². The highest BCUT2D eigenvalue weighted by Gasteiger charge is 2.22. The first kappa shape index (κ1) is 22.5. The number of hydrogen-bond acceptors (Lipinski definition) is 5. The number of carbonyl (C=O) groups excluding carboxylic acids is 1. The number of nitrogens with one attached hydrogen (secondary N) is 1. The summed E-state index contributed by atoms with van der Waals surface area (Å²) >= 11 is 1.27. The van der Waals surface area contributed by atoms with Crippen molar-refractivity contribution >= 4 is 23.4 Å². The smallest absolute Gasteiger partial charge is 0.237 e. The number of amides is 1. The fraction of sp³-hybridized carbons (Fsp3) is 0.160. The maximum Gasteiger partial charge on any atom is 0.237 e. The normalized spacial score (nSPS) is 11.7. The van der Waals surface area contributed by atoms with E-state index in [-0.39, 0.29) is 11.7 Å². The summed E-state index contributed by atoms with van der Waals surface area (Å²) in [6.45, 7) is 4.19. The van der Waals surface area contributed by atoms with Crippen LogP contribution in [0.3, 0.4) is 0 Å². The number of hydrogen-bond donors (Lipinski definition) is 1. The molecule has 1 N–H and O–H groups in total. The molecular formula is C25H23FN4O2S. The molecule has 0 aliphatic carbocycles. The van der Waals surface area contributed by atoms with Crippen LogP contribution in [0.4, 0.5) is 10.1 Å². The Labute approximate surface area is 195 Å². The highest BCUT2D eigenvalue weighted by atomic mass is 32.2. The van der Waals surface area contributed by atoms with Gasteiger partial charge in [0.15, 0.2) is 11.0 Å². The lowest BCUT2D eigenvalue weighted by Gasteiger charge is -2.15. The highest BCUT2D eigenvalue weighted by molar-refractivity contribution is 8.00. The van der Waals surface area contributed by atoms with Crippen molar-refractivity contribution in [1.82, 2.24) is 14.8 Å². The van der Waals surface area contributed by atoms with Crippen molar-refractivity contribution in [2.75, 3.05) is 11.9 Å². The van der Waals surface area contributed by atoms with Crippen molar-refractivity contribution in [3.63, 3.8) is 0 Å². The van der Waals surface area contributed by atoms with Crippen molar-refractivity contribution in [3.8, 4) is 22.8 Å². The van der Waals surface area contributed by atoms with Crippen LogP contribution in [-0.4, -0.2) is 32.5 Å². The van der Waals surface area contributed by atoms with Gasteiger partial charge in [-0.25, -0.2) is 4.39 Å². The molecule has 1 atom stereocenters. The molecule has 168 valence electrons. The van der Waals surface area contributed by atoms with Crippen molar-refractivity contribution in [1.29, 1.82) is 0 Å². The lowest BCUT2D eigenvalue weighted by atomic mass is 10.2. The number of thioether (sulfide) groups is 1. The molecule has 4 rings (SSSR count). The van der Waals surface area contributed by atoms with E-state index in [0.29, 0.717) is 34.7 Å². The lowest BCUT2D eigenvalue weighted by Crippen LogP contribution is -2.23. The topological polar surface area (TPSA) is 69.0 Å². The molecule has 0 aliphatic rings. The molecule has 1 aromatic heterocycles. The zero-order chi connectivity index (χ0) is 23.2. The van der Waals surface area contributed by atoms with E-state index in [4.69, 9.17) is 4.74 Å². The Morgan fingerprint density at radius 1 is 1.03 bits per heavy atom. The molecule has 1 heterocycles. The van der Waals surface area contributed by atoms with Crippen LogP contribution < -0.4 is 10.1 Å². The van der Waals surface area contributed by atoms with Crippen molar-refractivity contribution in [2.45, 2.75) is 24.3 Å². The van der Waals surface area contributed by atoms with E-state index in [0.717, 1.165) is 5.56 Å². The van der Waals surface area contributed by atoms with Crippen LogP contribution >= 0.6 is 11.8 Å². The maximum atomic E-state index is 13.6. The fourth-order valence-corrected chi connectivity index (χ4v) is 4.11.